The minimum absolute atomic E-state index is 0.0506. The summed E-state index contributed by atoms with van der Waals surface area (Å²) in [5.41, 5.74) is 0.991. The van der Waals surface area contributed by atoms with Crippen molar-refractivity contribution in [2.75, 3.05) is 0 Å². The van der Waals surface area contributed by atoms with E-state index in [0.29, 0.717) is 0 Å². The Morgan fingerprint density at radius 3 is 2.75 bits per heavy atom. The van der Waals surface area contributed by atoms with E-state index < -0.39 is 0 Å². The van der Waals surface area contributed by atoms with E-state index in [1.807, 2.05) is 42.3 Å². The summed E-state index contributed by atoms with van der Waals surface area (Å²) in [7, 11) is 0. The van der Waals surface area contributed by atoms with Gasteiger partial charge in [-0.15, -0.1) is 0 Å². The molecule has 1 aromatic heterocycles. The largest absolute Gasteiger partial charge is 0.278 e. The molecule has 0 unspecified atom stereocenters. The van der Waals surface area contributed by atoms with E-state index in [1.54, 1.807) is 17.2 Å². The molecule has 5 heteroatoms. The van der Waals surface area contributed by atoms with Crippen molar-refractivity contribution in [3.8, 4) is 11.8 Å². The molecule has 0 aliphatic rings. The third-order valence-corrected chi connectivity index (χ3v) is 2.04. The highest BCUT2D eigenvalue weighted by atomic mass is 15.4. The molecule has 0 saturated heterocycles. The van der Waals surface area contributed by atoms with Crippen LogP contribution in [0, 0.1) is 16.7 Å². The van der Waals surface area contributed by atoms with E-state index in [-0.39, 0.29) is 5.70 Å². The SMILES string of the molecule is N#CC(=C=N)n1c[n+](-c2ccccc2)cn1. The van der Waals surface area contributed by atoms with Gasteiger partial charge in [0.25, 0.3) is 12.0 Å². The van der Waals surface area contributed by atoms with Crippen molar-refractivity contribution in [2.24, 2.45) is 0 Å². The van der Waals surface area contributed by atoms with E-state index in [1.165, 1.54) is 4.68 Å². The lowest BCUT2D eigenvalue weighted by Crippen LogP contribution is -2.27. The molecule has 1 aromatic carbocycles. The second-order valence-electron chi connectivity index (χ2n) is 3.02. The lowest BCUT2D eigenvalue weighted by Gasteiger charge is -1.92. The van der Waals surface area contributed by atoms with Crippen LogP contribution in [0.25, 0.3) is 11.4 Å². The first kappa shape index (κ1) is 9.84. The number of hydrogen-bond donors (Lipinski definition) is 1. The van der Waals surface area contributed by atoms with E-state index >= 15 is 0 Å². The van der Waals surface area contributed by atoms with Gasteiger partial charge in [0.05, 0.1) is 0 Å². The van der Waals surface area contributed by atoms with E-state index in [9.17, 15) is 0 Å². The highest BCUT2D eigenvalue weighted by Gasteiger charge is 2.11. The summed E-state index contributed by atoms with van der Waals surface area (Å²) in [6, 6.07) is 11.4. The Kier molecular flexibility index (Phi) is 2.59. The first-order valence-electron chi connectivity index (χ1n) is 4.56. The number of rotatable bonds is 2. The van der Waals surface area contributed by atoms with Crippen LogP contribution in [0.5, 0.6) is 0 Å². The van der Waals surface area contributed by atoms with Crippen LogP contribution in [0.3, 0.4) is 0 Å². The molecule has 0 fully saturated rings. The van der Waals surface area contributed by atoms with Crippen molar-refractivity contribution in [2.45, 2.75) is 0 Å². The van der Waals surface area contributed by atoms with Crippen LogP contribution in [-0.2, 0) is 0 Å². The number of allylic oxidation sites excluding steroid dienone is 1. The molecule has 2 aromatic rings. The van der Waals surface area contributed by atoms with Gasteiger partial charge in [0.1, 0.15) is 11.8 Å². The van der Waals surface area contributed by atoms with Gasteiger partial charge in [-0.1, -0.05) is 22.9 Å². The fourth-order valence-corrected chi connectivity index (χ4v) is 1.27. The lowest BCUT2D eigenvalue weighted by molar-refractivity contribution is -0.596. The second-order valence-corrected chi connectivity index (χ2v) is 3.02. The van der Waals surface area contributed by atoms with Crippen LogP contribution < -0.4 is 4.57 Å². The molecule has 76 valence electrons. The summed E-state index contributed by atoms with van der Waals surface area (Å²) < 4.78 is 3.06. The van der Waals surface area contributed by atoms with E-state index in [4.69, 9.17) is 10.7 Å². The number of benzene rings is 1. The first-order valence-corrected chi connectivity index (χ1v) is 4.56. The molecule has 1 heterocycles. The number of nitriles is 1. The Bertz CT molecular complexity index is 584. The molecular formula is C11H8N5+. The maximum Gasteiger partial charge on any atom is 0.278 e. The Balaban J connectivity index is 2.42. The Hall–Kier alpha value is -2.70. The van der Waals surface area contributed by atoms with Gasteiger partial charge >= 0.3 is 0 Å². The summed E-state index contributed by atoms with van der Waals surface area (Å²) in [4.78, 5) is 0. The number of hydrogen-bond acceptors (Lipinski definition) is 3. The Morgan fingerprint density at radius 1 is 1.38 bits per heavy atom. The van der Waals surface area contributed by atoms with Gasteiger partial charge in [0, 0.05) is 11.0 Å². The standard InChI is InChI=1S/C11H8N5/c12-6-11(7-13)16-9-15(8-14-16)10-4-2-1-3-5-10/h1-5,8-9,12H/q+1. The quantitative estimate of drug-likeness (QED) is 0.452. The molecule has 0 atom stereocenters. The van der Waals surface area contributed by atoms with Crippen LogP contribution in [0.2, 0.25) is 0 Å². The summed E-state index contributed by atoms with van der Waals surface area (Å²) in [5, 5.41) is 19.6. The van der Waals surface area contributed by atoms with Crippen LogP contribution in [0.15, 0.2) is 43.0 Å². The third-order valence-electron chi connectivity index (χ3n) is 2.04. The smallest absolute Gasteiger partial charge is 0.255 e. The van der Waals surface area contributed by atoms with Crippen LogP contribution in [0.4, 0.5) is 0 Å². The van der Waals surface area contributed by atoms with Gasteiger partial charge in [-0.05, 0) is 12.1 Å². The molecule has 0 spiro atoms. The fraction of sp³-hybridized carbons (Fsp3) is 0. The van der Waals surface area contributed by atoms with Crippen molar-refractivity contribution in [1.82, 2.24) is 9.78 Å². The van der Waals surface area contributed by atoms with E-state index in [2.05, 4.69) is 5.10 Å². The highest BCUT2D eigenvalue weighted by Crippen LogP contribution is 1.98. The molecule has 0 aliphatic heterocycles. The predicted molar refractivity (Wildman–Crippen MR) is 56.8 cm³/mol. The molecule has 16 heavy (non-hydrogen) atoms. The monoisotopic (exact) mass is 210 g/mol. The minimum Gasteiger partial charge on any atom is -0.255 e. The van der Waals surface area contributed by atoms with Crippen molar-refractivity contribution < 1.29 is 4.57 Å². The highest BCUT2D eigenvalue weighted by molar-refractivity contribution is 5.85. The third kappa shape index (κ3) is 1.73. The normalized spacial score (nSPS) is 9.19. The zero-order valence-corrected chi connectivity index (χ0v) is 8.33. The molecule has 0 radical (unpaired) electrons. The molecule has 2 rings (SSSR count). The number of nitrogens with one attached hydrogen (secondary N) is 1. The number of para-hydroxylation sites is 1. The van der Waals surface area contributed by atoms with Crippen LogP contribution in [0.1, 0.15) is 0 Å². The topological polar surface area (TPSA) is 69.3 Å². The summed E-state index contributed by atoms with van der Waals surface area (Å²) in [5.74, 6) is 2.03. The molecule has 5 nitrogen and oxygen atoms in total. The Morgan fingerprint density at radius 2 is 2.12 bits per heavy atom. The zero-order chi connectivity index (χ0) is 11.4. The molecular weight excluding hydrogens is 202 g/mol. The van der Waals surface area contributed by atoms with Crippen molar-refractivity contribution in [3.63, 3.8) is 0 Å². The van der Waals surface area contributed by atoms with E-state index in [0.717, 1.165) is 5.69 Å². The predicted octanol–water partition coefficient (Wildman–Crippen LogP) is 0.773. The second kappa shape index (κ2) is 4.22. The summed E-state index contributed by atoms with van der Waals surface area (Å²) in [6.07, 6.45) is 3.19. The van der Waals surface area contributed by atoms with Crippen LogP contribution >= 0.6 is 0 Å². The minimum atomic E-state index is 0.0506. The number of nitrogens with zero attached hydrogens (tertiary/aromatic N) is 4. The molecule has 0 amide bonds. The van der Waals surface area contributed by atoms with Gasteiger partial charge in [-0.25, -0.2) is 4.57 Å². The van der Waals surface area contributed by atoms with Gasteiger partial charge in [-0.2, -0.15) is 5.26 Å². The molecule has 0 bridgehead atoms. The first-order chi connectivity index (χ1) is 7.85. The Labute approximate surface area is 92.0 Å². The lowest BCUT2D eigenvalue weighted by atomic mass is 10.3. The average Bonchev–Trinajstić information content (AvgIpc) is 2.81. The van der Waals surface area contributed by atoms with Gasteiger partial charge < -0.3 is 0 Å². The fourth-order valence-electron chi connectivity index (χ4n) is 1.27. The van der Waals surface area contributed by atoms with Gasteiger partial charge in [0.2, 0.25) is 6.33 Å². The van der Waals surface area contributed by atoms with Crippen LogP contribution in [-0.4, -0.2) is 15.7 Å². The van der Waals surface area contributed by atoms with Crippen molar-refractivity contribution >= 4 is 11.6 Å². The molecule has 1 N–H and O–H groups in total. The molecule has 0 aliphatic carbocycles. The average molecular weight is 210 g/mol. The van der Waals surface area contributed by atoms with Gasteiger partial charge in [0.15, 0.2) is 0 Å². The summed E-state index contributed by atoms with van der Waals surface area (Å²) in [6.45, 7) is 0. The van der Waals surface area contributed by atoms with Gasteiger partial charge in [-0.3, -0.25) is 5.41 Å². The molecule has 0 saturated carbocycles. The summed E-state index contributed by atoms with van der Waals surface area (Å²) >= 11 is 0. The number of aromatic nitrogens is 3. The van der Waals surface area contributed by atoms with Crippen molar-refractivity contribution in [3.05, 3.63) is 43.0 Å². The maximum atomic E-state index is 8.72. The van der Waals surface area contributed by atoms with Crippen molar-refractivity contribution in [1.29, 1.82) is 10.7 Å². The zero-order valence-electron chi connectivity index (χ0n) is 8.33. The maximum absolute atomic E-state index is 8.72.